The number of fused-ring (bicyclic) bond motifs is 1. The second-order valence-corrected chi connectivity index (χ2v) is 9.07. The normalized spacial score (nSPS) is 11.6. The number of hydrogen-bond acceptors (Lipinski definition) is 4. The van der Waals surface area contributed by atoms with Crippen molar-refractivity contribution >= 4 is 34.3 Å². The van der Waals surface area contributed by atoms with Crippen molar-refractivity contribution in [2.45, 2.75) is 19.4 Å². The summed E-state index contributed by atoms with van der Waals surface area (Å²) in [5.74, 6) is -0.421. The second-order valence-electron chi connectivity index (χ2n) is 8.63. The first kappa shape index (κ1) is 22.7. The fourth-order valence-corrected chi connectivity index (χ4v) is 4.30. The molecule has 0 spiro atoms. The van der Waals surface area contributed by atoms with Gasteiger partial charge in [-0.15, -0.1) is 0 Å². The highest BCUT2D eigenvalue weighted by atomic mass is 35.5. The minimum atomic E-state index is -0.762. The Morgan fingerprint density at radius 3 is 2.30 bits per heavy atom. The fraction of sp³-hybridized carbons (Fsp3) is 0.231. The van der Waals surface area contributed by atoms with Gasteiger partial charge in [0.1, 0.15) is 0 Å². The van der Waals surface area contributed by atoms with Crippen molar-refractivity contribution < 1.29 is 9.53 Å². The average Bonchev–Trinajstić information content (AvgIpc) is 3.10. The van der Waals surface area contributed by atoms with Gasteiger partial charge in [-0.2, -0.15) is 0 Å². The highest BCUT2D eigenvalue weighted by molar-refractivity contribution is 6.31. The largest absolute Gasteiger partial charge is 0.465 e. The van der Waals surface area contributed by atoms with Crippen LogP contribution < -0.4 is 10.6 Å². The molecule has 4 aromatic rings. The SMILES string of the molecule is COC(=O)c1cccc(C(C)(C)n2c(=O)n(-c3ccc(N(C)C)cc3)c3cc(Cl)ccc32)c1. The maximum Gasteiger partial charge on any atom is 0.337 e. The lowest BCUT2D eigenvalue weighted by atomic mass is 9.92. The fourth-order valence-electron chi connectivity index (χ4n) is 4.13. The predicted octanol–water partition coefficient (Wildman–Crippen LogP) is 5.08. The minimum absolute atomic E-state index is 0.196. The van der Waals surface area contributed by atoms with E-state index in [2.05, 4.69) is 0 Å². The van der Waals surface area contributed by atoms with Crippen molar-refractivity contribution in [2.75, 3.05) is 26.1 Å². The Labute approximate surface area is 197 Å². The Morgan fingerprint density at radius 1 is 0.970 bits per heavy atom. The van der Waals surface area contributed by atoms with Crippen LogP contribution in [0.5, 0.6) is 0 Å². The summed E-state index contributed by atoms with van der Waals surface area (Å²) in [7, 11) is 5.29. The van der Waals surface area contributed by atoms with Crippen LogP contribution in [0.25, 0.3) is 16.7 Å². The quantitative estimate of drug-likeness (QED) is 0.387. The summed E-state index contributed by atoms with van der Waals surface area (Å²) in [5.41, 5.74) is 3.52. The predicted molar refractivity (Wildman–Crippen MR) is 133 cm³/mol. The van der Waals surface area contributed by atoms with Crippen molar-refractivity contribution in [2.24, 2.45) is 0 Å². The first-order valence-corrected chi connectivity index (χ1v) is 10.9. The number of imidazole rings is 1. The summed E-state index contributed by atoms with van der Waals surface area (Å²) < 4.78 is 8.29. The molecule has 0 bridgehead atoms. The first-order chi connectivity index (χ1) is 15.6. The van der Waals surface area contributed by atoms with Crippen molar-refractivity contribution in [1.82, 2.24) is 9.13 Å². The van der Waals surface area contributed by atoms with Gasteiger partial charge in [0.25, 0.3) is 0 Å². The molecule has 6 nitrogen and oxygen atoms in total. The molecule has 170 valence electrons. The molecule has 33 heavy (non-hydrogen) atoms. The van der Waals surface area contributed by atoms with Gasteiger partial charge in [-0.3, -0.25) is 9.13 Å². The van der Waals surface area contributed by atoms with Crippen molar-refractivity contribution in [3.8, 4) is 5.69 Å². The van der Waals surface area contributed by atoms with E-state index < -0.39 is 11.5 Å². The number of rotatable bonds is 5. The molecule has 4 rings (SSSR count). The molecule has 0 aliphatic heterocycles. The van der Waals surface area contributed by atoms with E-state index in [4.69, 9.17) is 16.3 Å². The van der Waals surface area contributed by atoms with Gasteiger partial charge in [0.05, 0.1) is 34.9 Å². The van der Waals surface area contributed by atoms with E-state index in [-0.39, 0.29) is 5.69 Å². The number of halogens is 1. The molecule has 0 atom stereocenters. The number of anilines is 1. The minimum Gasteiger partial charge on any atom is -0.465 e. The Kier molecular flexibility index (Phi) is 5.80. The molecule has 0 saturated heterocycles. The maximum absolute atomic E-state index is 13.9. The molecule has 0 unspecified atom stereocenters. The number of carbonyl (C=O) groups excluding carboxylic acids is 1. The summed E-state index contributed by atoms with van der Waals surface area (Å²) in [4.78, 5) is 28.0. The second kappa shape index (κ2) is 8.45. The number of ether oxygens (including phenoxy) is 1. The van der Waals surface area contributed by atoms with Crippen LogP contribution >= 0.6 is 11.6 Å². The number of esters is 1. The van der Waals surface area contributed by atoms with E-state index in [1.54, 1.807) is 39.5 Å². The third-order valence-corrected chi connectivity index (χ3v) is 6.21. The van der Waals surface area contributed by atoms with E-state index in [1.165, 1.54) is 7.11 Å². The summed E-state index contributed by atoms with van der Waals surface area (Å²) in [6.45, 7) is 3.91. The molecule has 0 radical (unpaired) electrons. The van der Waals surface area contributed by atoms with E-state index in [0.717, 1.165) is 22.5 Å². The number of methoxy groups -OCH3 is 1. The van der Waals surface area contributed by atoms with Crippen LogP contribution in [0.1, 0.15) is 29.8 Å². The topological polar surface area (TPSA) is 56.5 Å². The van der Waals surface area contributed by atoms with Crippen LogP contribution in [0.4, 0.5) is 5.69 Å². The molecule has 3 aromatic carbocycles. The highest BCUT2D eigenvalue weighted by Crippen LogP contribution is 2.31. The van der Waals surface area contributed by atoms with Gasteiger partial charge < -0.3 is 9.64 Å². The molecule has 0 amide bonds. The van der Waals surface area contributed by atoms with E-state index in [0.29, 0.717) is 16.1 Å². The molecule has 0 aliphatic carbocycles. The average molecular weight is 464 g/mol. The Hall–Kier alpha value is -3.51. The van der Waals surface area contributed by atoms with Gasteiger partial charge in [0, 0.05) is 24.8 Å². The number of nitrogens with zero attached hydrogens (tertiary/aromatic N) is 3. The lowest BCUT2D eigenvalue weighted by Gasteiger charge is -2.27. The Bertz CT molecular complexity index is 1400. The Balaban J connectivity index is 1.97. The molecule has 1 aromatic heterocycles. The zero-order valence-electron chi connectivity index (χ0n) is 19.3. The van der Waals surface area contributed by atoms with Crippen LogP contribution in [0.3, 0.4) is 0 Å². The summed E-state index contributed by atoms with van der Waals surface area (Å²) in [6.07, 6.45) is 0. The van der Waals surface area contributed by atoms with E-state index in [9.17, 15) is 9.59 Å². The smallest absolute Gasteiger partial charge is 0.337 e. The van der Waals surface area contributed by atoms with Crippen LogP contribution in [-0.4, -0.2) is 36.3 Å². The van der Waals surface area contributed by atoms with Gasteiger partial charge >= 0.3 is 11.7 Å². The van der Waals surface area contributed by atoms with Crippen molar-refractivity contribution in [3.63, 3.8) is 0 Å². The van der Waals surface area contributed by atoms with Gasteiger partial charge in [0.15, 0.2) is 0 Å². The van der Waals surface area contributed by atoms with Crippen LogP contribution in [0.15, 0.2) is 71.5 Å². The lowest BCUT2D eigenvalue weighted by molar-refractivity contribution is 0.0600. The highest BCUT2D eigenvalue weighted by Gasteiger charge is 2.30. The van der Waals surface area contributed by atoms with Gasteiger partial charge in [-0.05, 0) is 74.0 Å². The summed E-state index contributed by atoms with van der Waals surface area (Å²) in [6, 6.07) is 20.4. The molecule has 0 N–H and O–H groups in total. The number of carbonyl (C=O) groups is 1. The maximum atomic E-state index is 13.9. The number of benzene rings is 3. The summed E-state index contributed by atoms with van der Waals surface area (Å²) in [5, 5.41) is 0.545. The zero-order chi connectivity index (χ0) is 23.9. The zero-order valence-corrected chi connectivity index (χ0v) is 20.1. The van der Waals surface area contributed by atoms with Crippen LogP contribution in [0, 0.1) is 0 Å². The molecular formula is C26H26ClN3O3. The standard InChI is InChI=1S/C26H26ClN3O3/c1-26(2,18-8-6-7-17(15-18)24(31)33-5)30-22-14-9-19(27)16-23(22)29(25(30)32)21-12-10-20(11-13-21)28(3)4/h6-16H,1-5H3. The first-order valence-electron chi connectivity index (χ1n) is 10.6. The van der Waals surface area contributed by atoms with E-state index >= 15 is 0 Å². The molecule has 0 fully saturated rings. The third kappa shape index (κ3) is 3.91. The lowest BCUT2D eigenvalue weighted by Crippen LogP contribution is -2.37. The van der Waals surface area contributed by atoms with Crippen LogP contribution in [0.2, 0.25) is 5.02 Å². The number of hydrogen-bond donors (Lipinski definition) is 0. The number of aromatic nitrogens is 2. The summed E-state index contributed by atoms with van der Waals surface area (Å²) >= 11 is 6.33. The molecule has 1 heterocycles. The van der Waals surface area contributed by atoms with Gasteiger partial charge in [-0.25, -0.2) is 9.59 Å². The monoisotopic (exact) mass is 463 g/mol. The van der Waals surface area contributed by atoms with Gasteiger partial charge in [-0.1, -0.05) is 23.7 Å². The molecular weight excluding hydrogens is 438 g/mol. The van der Waals surface area contributed by atoms with Crippen molar-refractivity contribution in [1.29, 1.82) is 0 Å². The van der Waals surface area contributed by atoms with E-state index in [1.807, 2.05) is 69.2 Å². The van der Waals surface area contributed by atoms with Crippen LogP contribution in [-0.2, 0) is 10.3 Å². The molecule has 0 saturated carbocycles. The Morgan fingerprint density at radius 2 is 1.67 bits per heavy atom. The third-order valence-electron chi connectivity index (χ3n) is 5.98. The van der Waals surface area contributed by atoms with Crippen molar-refractivity contribution in [3.05, 3.63) is 93.4 Å². The molecule has 7 heteroatoms. The van der Waals surface area contributed by atoms with Gasteiger partial charge in [0.2, 0.25) is 0 Å². The molecule has 0 aliphatic rings.